The molecule has 0 spiro atoms. The number of carbonyl (C=O) groups is 2. The molecule has 0 atom stereocenters. The number of carbonyl (C=O) groups excluding carboxylic acids is 1. The quantitative estimate of drug-likeness (QED) is 0.417. The lowest BCUT2D eigenvalue weighted by atomic mass is 9.78. The van der Waals surface area contributed by atoms with Crippen molar-refractivity contribution in [2.24, 2.45) is 5.41 Å². The summed E-state index contributed by atoms with van der Waals surface area (Å²) >= 11 is 5.99. The molecule has 40 heavy (non-hydrogen) atoms. The van der Waals surface area contributed by atoms with Crippen LogP contribution in [0.15, 0.2) is 24.4 Å². The molecule has 0 bridgehead atoms. The van der Waals surface area contributed by atoms with Gasteiger partial charge in [0.2, 0.25) is 0 Å². The fourth-order valence-corrected chi connectivity index (χ4v) is 5.81. The number of hydrogen-bond acceptors (Lipinski definition) is 7. The van der Waals surface area contributed by atoms with Crippen LogP contribution in [-0.2, 0) is 19.9 Å². The standard InChI is InChI=1S/C27H35ClF2N4O6/c1-17(2)22-21(38-3)15-31-34(22)27(23(35)32-19-5-4-18(28)14-20(19)40-25(29)30)6-10-33(11-7-27)16-26(24(36)37)8-12-39-13-9-26/h4-5,14-15,17,25H,6-13,16H2,1-3H3,(H,32,35)(H,36,37). The second-order valence-electron chi connectivity index (χ2n) is 10.6. The Morgan fingerprint density at radius 2 is 1.85 bits per heavy atom. The van der Waals surface area contributed by atoms with Crippen LogP contribution in [0.4, 0.5) is 14.5 Å². The van der Waals surface area contributed by atoms with Crippen molar-refractivity contribution in [3.05, 3.63) is 35.1 Å². The third-order valence-corrected chi connectivity index (χ3v) is 8.12. The van der Waals surface area contributed by atoms with Gasteiger partial charge in [0.15, 0.2) is 11.5 Å². The summed E-state index contributed by atoms with van der Waals surface area (Å²) in [4.78, 5) is 28.4. The highest BCUT2D eigenvalue weighted by atomic mass is 35.5. The average Bonchev–Trinajstić information content (AvgIpc) is 3.36. The van der Waals surface area contributed by atoms with Crippen molar-refractivity contribution in [1.29, 1.82) is 0 Å². The molecule has 13 heteroatoms. The number of alkyl halides is 2. The Bertz CT molecular complexity index is 1210. The number of nitrogens with one attached hydrogen (secondary N) is 1. The number of likely N-dealkylation sites (tertiary alicyclic amines) is 1. The second kappa shape index (κ2) is 12.3. The van der Waals surface area contributed by atoms with Crippen LogP contribution < -0.4 is 14.8 Å². The average molecular weight is 585 g/mol. The number of piperidine rings is 1. The first-order valence-electron chi connectivity index (χ1n) is 13.2. The molecule has 2 aromatic rings. The Morgan fingerprint density at radius 3 is 2.42 bits per heavy atom. The molecule has 2 N–H and O–H groups in total. The first kappa shape index (κ1) is 30.0. The number of hydrogen-bond donors (Lipinski definition) is 2. The summed E-state index contributed by atoms with van der Waals surface area (Å²) in [6, 6.07) is 4.10. The summed E-state index contributed by atoms with van der Waals surface area (Å²) in [5.41, 5.74) is -1.35. The Balaban J connectivity index is 1.67. The van der Waals surface area contributed by atoms with Crippen LogP contribution >= 0.6 is 11.6 Å². The smallest absolute Gasteiger partial charge is 0.387 e. The van der Waals surface area contributed by atoms with Crippen molar-refractivity contribution >= 4 is 29.2 Å². The third-order valence-electron chi connectivity index (χ3n) is 7.89. The molecule has 4 rings (SSSR count). The molecule has 0 saturated carbocycles. The minimum absolute atomic E-state index is 0.0498. The van der Waals surface area contributed by atoms with E-state index in [2.05, 4.69) is 20.1 Å². The van der Waals surface area contributed by atoms with Gasteiger partial charge in [0.1, 0.15) is 5.54 Å². The van der Waals surface area contributed by atoms with Crippen LogP contribution in [0.1, 0.15) is 51.1 Å². The SMILES string of the molecule is COc1cnn(C2(C(=O)Nc3ccc(Cl)cc3OC(F)F)CCN(CC3(C(=O)O)CCOCC3)CC2)c1C(C)C. The van der Waals surface area contributed by atoms with Gasteiger partial charge in [0.25, 0.3) is 5.91 Å². The monoisotopic (exact) mass is 584 g/mol. The molecule has 1 aromatic carbocycles. The first-order valence-corrected chi connectivity index (χ1v) is 13.6. The summed E-state index contributed by atoms with van der Waals surface area (Å²) in [5, 5.41) is 17.6. The number of halogens is 3. The number of carboxylic acid groups (broad SMARTS) is 1. The van der Waals surface area contributed by atoms with Gasteiger partial charge in [-0.15, -0.1) is 0 Å². The molecule has 1 amide bonds. The number of rotatable bonds is 10. The summed E-state index contributed by atoms with van der Waals surface area (Å²) < 4.78 is 43.5. The normalized spacial score (nSPS) is 19.0. The third kappa shape index (κ3) is 6.03. The molecule has 0 radical (unpaired) electrons. The molecule has 220 valence electrons. The minimum Gasteiger partial charge on any atom is -0.493 e. The van der Waals surface area contributed by atoms with Crippen LogP contribution in [-0.4, -0.2) is 78.2 Å². The van der Waals surface area contributed by atoms with E-state index in [1.54, 1.807) is 10.9 Å². The maximum absolute atomic E-state index is 14.1. The molecule has 2 saturated heterocycles. The Morgan fingerprint density at radius 1 is 1.18 bits per heavy atom. The number of methoxy groups -OCH3 is 1. The summed E-state index contributed by atoms with van der Waals surface area (Å²) in [6.07, 6.45) is 3.00. The zero-order valence-corrected chi connectivity index (χ0v) is 23.5. The highest BCUT2D eigenvalue weighted by molar-refractivity contribution is 6.30. The van der Waals surface area contributed by atoms with E-state index in [4.69, 9.17) is 21.1 Å². The van der Waals surface area contributed by atoms with Crippen LogP contribution in [0, 0.1) is 5.41 Å². The summed E-state index contributed by atoms with van der Waals surface area (Å²) in [5.74, 6) is -1.08. The van der Waals surface area contributed by atoms with E-state index in [0.717, 1.165) is 5.69 Å². The number of nitrogens with zero attached hydrogens (tertiary/aromatic N) is 3. The first-order chi connectivity index (χ1) is 19.0. The van der Waals surface area contributed by atoms with Crippen LogP contribution in [0.3, 0.4) is 0 Å². The lowest BCUT2D eigenvalue weighted by Gasteiger charge is -2.44. The molecule has 1 aromatic heterocycles. The Kier molecular flexibility index (Phi) is 9.21. The largest absolute Gasteiger partial charge is 0.493 e. The number of ether oxygens (including phenoxy) is 3. The number of benzene rings is 1. The van der Waals surface area contributed by atoms with Crippen molar-refractivity contribution in [2.75, 3.05) is 45.3 Å². The number of aliphatic carboxylic acids is 1. The fraction of sp³-hybridized carbons (Fsp3) is 0.593. The van der Waals surface area contributed by atoms with Gasteiger partial charge in [0, 0.05) is 43.9 Å². The molecule has 3 heterocycles. The minimum atomic E-state index is -3.11. The van der Waals surface area contributed by atoms with E-state index in [1.165, 1.54) is 25.3 Å². The van der Waals surface area contributed by atoms with Crippen molar-refractivity contribution in [2.45, 2.75) is 57.6 Å². The molecule has 2 aliphatic heterocycles. The highest BCUT2D eigenvalue weighted by Crippen LogP contribution is 2.40. The predicted molar refractivity (Wildman–Crippen MR) is 143 cm³/mol. The Labute approximate surface area is 236 Å². The zero-order valence-electron chi connectivity index (χ0n) is 22.8. The molecule has 2 fully saturated rings. The highest BCUT2D eigenvalue weighted by Gasteiger charge is 2.48. The van der Waals surface area contributed by atoms with Gasteiger partial charge in [-0.2, -0.15) is 13.9 Å². The van der Waals surface area contributed by atoms with E-state index in [0.29, 0.717) is 64.3 Å². The zero-order chi connectivity index (χ0) is 29.1. The van der Waals surface area contributed by atoms with Gasteiger partial charge in [-0.1, -0.05) is 25.4 Å². The molecular weight excluding hydrogens is 550 g/mol. The van der Waals surface area contributed by atoms with Crippen LogP contribution in [0.5, 0.6) is 11.5 Å². The number of carboxylic acids is 1. The molecular formula is C27H35ClF2N4O6. The lowest BCUT2D eigenvalue weighted by molar-refractivity contribution is -0.157. The van der Waals surface area contributed by atoms with Crippen LogP contribution in [0.25, 0.3) is 0 Å². The molecule has 0 aliphatic carbocycles. The number of amides is 1. The van der Waals surface area contributed by atoms with Gasteiger partial charge in [0.05, 0.1) is 30.1 Å². The topological polar surface area (TPSA) is 115 Å². The predicted octanol–water partition coefficient (Wildman–Crippen LogP) is 4.58. The van der Waals surface area contributed by atoms with E-state index < -0.39 is 29.4 Å². The maximum atomic E-state index is 14.1. The number of aromatic nitrogens is 2. The maximum Gasteiger partial charge on any atom is 0.387 e. The summed E-state index contributed by atoms with van der Waals surface area (Å²) in [7, 11) is 1.53. The van der Waals surface area contributed by atoms with E-state index in [-0.39, 0.29) is 22.4 Å². The van der Waals surface area contributed by atoms with E-state index in [1.807, 2.05) is 13.8 Å². The second-order valence-corrected chi connectivity index (χ2v) is 11.1. The van der Waals surface area contributed by atoms with Gasteiger partial charge in [-0.25, -0.2) is 4.68 Å². The summed E-state index contributed by atoms with van der Waals surface area (Å²) in [6.45, 7) is 2.78. The van der Waals surface area contributed by atoms with Crippen molar-refractivity contribution < 1.29 is 37.7 Å². The number of anilines is 1. The molecule has 10 nitrogen and oxygen atoms in total. The molecule has 0 unspecified atom stereocenters. The van der Waals surface area contributed by atoms with E-state index >= 15 is 0 Å². The van der Waals surface area contributed by atoms with Gasteiger partial charge in [-0.3, -0.25) is 9.59 Å². The van der Waals surface area contributed by atoms with Gasteiger partial charge >= 0.3 is 12.6 Å². The van der Waals surface area contributed by atoms with Crippen molar-refractivity contribution in [1.82, 2.24) is 14.7 Å². The van der Waals surface area contributed by atoms with Crippen LogP contribution in [0.2, 0.25) is 5.02 Å². The Hall–Kier alpha value is -2.96. The van der Waals surface area contributed by atoms with Gasteiger partial charge in [-0.05, 0) is 43.7 Å². The lowest BCUT2D eigenvalue weighted by Crippen LogP contribution is -2.56. The van der Waals surface area contributed by atoms with E-state index in [9.17, 15) is 23.5 Å². The van der Waals surface area contributed by atoms with Crippen molar-refractivity contribution in [3.63, 3.8) is 0 Å². The van der Waals surface area contributed by atoms with Crippen molar-refractivity contribution in [3.8, 4) is 11.5 Å². The fourth-order valence-electron chi connectivity index (χ4n) is 5.65. The van der Waals surface area contributed by atoms with Gasteiger partial charge < -0.3 is 29.5 Å². The molecule has 2 aliphatic rings.